The molecule has 0 radical (unpaired) electrons. The maximum absolute atomic E-state index is 12.9. The van der Waals surface area contributed by atoms with Crippen molar-refractivity contribution < 1.29 is 9.53 Å². The van der Waals surface area contributed by atoms with E-state index >= 15 is 0 Å². The van der Waals surface area contributed by atoms with Crippen LogP contribution in [-0.4, -0.2) is 48.9 Å². The normalized spacial score (nSPS) is 13.0. The Labute approximate surface area is 192 Å². The fourth-order valence-electron chi connectivity index (χ4n) is 3.44. The number of hydrogen-bond donors (Lipinski definition) is 2. The first-order valence-electron chi connectivity index (χ1n) is 10.2. The monoisotopic (exact) mass is 449 g/mol. The van der Waals surface area contributed by atoms with E-state index in [0.29, 0.717) is 34.4 Å². The Kier molecular flexibility index (Phi) is 6.56. The maximum atomic E-state index is 12.9. The zero-order valence-corrected chi connectivity index (χ0v) is 18.7. The van der Waals surface area contributed by atoms with Gasteiger partial charge in [0.2, 0.25) is 0 Å². The number of methoxy groups -OCH3 is 1. The van der Waals surface area contributed by atoms with Gasteiger partial charge < -0.3 is 20.3 Å². The molecule has 2 aromatic carbocycles. The molecule has 164 valence electrons. The summed E-state index contributed by atoms with van der Waals surface area (Å²) in [6.07, 6.45) is 1.49. The molecule has 8 heteroatoms. The molecule has 0 bridgehead atoms. The Balaban J connectivity index is 1.48. The fraction of sp³-hybridized carbons (Fsp3) is 0.208. The molecule has 2 N–H and O–H groups in total. The lowest BCUT2D eigenvalue weighted by Crippen LogP contribution is -2.23. The van der Waals surface area contributed by atoms with E-state index in [1.807, 2.05) is 12.1 Å². The van der Waals surface area contributed by atoms with Crippen molar-refractivity contribution in [1.29, 1.82) is 0 Å². The number of anilines is 2. The Hall–Kier alpha value is -3.58. The van der Waals surface area contributed by atoms with Crippen molar-refractivity contribution in [3.05, 3.63) is 82.5 Å². The number of amides is 1. The maximum Gasteiger partial charge on any atom is 0.259 e. The van der Waals surface area contributed by atoms with Gasteiger partial charge in [-0.3, -0.25) is 9.79 Å². The predicted octanol–water partition coefficient (Wildman–Crippen LogP) is 4.30. The minimum absolute atomic E-state index is 0.293. The van der Waals surface area contributed by atoms with Crippen LogP contribution in [0.4, 0.5) is 11.5 Å². The SMILES string of the molecule is COc1ccc(NCc2ccc(C3=NCCN3C)cc2)c(C(=O)Nc2ccc(Cl)cn2)c1. The number of halogens is 1. The number of likely N-dealkylation sites (N-methyl/N-ethyl adjacent to an activating group) is 1. The van der Waals surface area contributed by atoms with Crippen molar-refractivity contribution in [3.8, 4) is 5.75 Å². The molecule has 0 unspecified atom stereocenters. The standard InChI is InChI=1S/C24H24ClN5O2/c1-30-12-11-26-23(30)17-5-3-16(4-6-17)14-27-21-9-8-19(32-2)13-20(21)24(31)29-22-10-7-18(25)15-28-22/h3-10,13,15,27H,11-12,14H2,1-2H3,(H,28,29,31). The Morgan fingerprint density at radius 2 is 1.97 bits per heavy atom. The number of carbonyl (C=O) groups excluding carboxylic acids is 1. The molecule has 4 rings (SSSR count). The second kappa shape index (κ2) is 9.70. The molecule has 0 saturated carbocycles. The number of nitrogens with zero attached hydrogens (tertiary/aromatic N) is 3. The molecule has 1 aliphatic heterocycles. The van der Waals surface area contributed by atoms with Crippen molar-refractivity contribution in [2.45, 2.75) is 6.54 Å². The molecular weight excluding hydrogens is 426 g/mol. The number of nitrogens with one attached hydrogen (secondary N) is 2. The van der Waals surface area contributed by atoms with Gasteiger partial charge in [-0.25, -0.2) is 4.98 Å². The lowest BCUT2D eigenvalue weighted by molar-refractivity contribution is 0.102. The molecule has 1 amide bonds. The molecule has 32 heavy (non-hydrogen) atoms. The smallest absolute Gasteiger partial charge is 0.259 e. The summed E-state index contributed by atoms with van der Waals surface area (Å²) in [5, 5.41) is 6.66. The molecule has 0 saturated heterocycles. The number of aromatic nitrogens is 1. The van der Waals surface area contributed by atoms with E-state index in [1.54, 1.807) is 25.3 Å². The van der Waals surface area contributed by atoms with Gasteiger partial charge in [0.25, 0.3) is 5.91 Å². The van der Waals surface area contributed by atoms with Gasteiger partial charge in [0.05, 0.1) is 24.2 Å². The number of benzene rings is 2. The van der Waals surface area contributed by atoms with Crippen LogP contribution in [0, 0.1) is 0 Å². The van der Waals surface area contributed by atoms with Gasteiger partial charge in [0.1, 0.15) is 17.4 Å². The van der Waals surface area contributed by atoms with Crippen molar-refractivity contribution in [3.63, 3.8) is 0 Å². The number of aliphatic imine (C=N–C) groups is 1. The highest BCUT2D eigenvalue weighted by Crippen LogP contribution is 2.24. The van der Waals surface area contributed by atoms with Gasteiger partial charge in [0, 0.05) is 37.6 Å². The number of pyridine rings is 1. The molecule has 0 fully saturated rings. The molecule has 1 aliphatic rings. The summed E-state index contributed by atoms with van der Waals surface area (Å²) < 4.78 is 5.30. The third-order valence-electron chi connectivity index (χ3n) is 5.19. The van der Waals surface area contributed by atoms with E-state index in [9.17, 15) is 4.79 Å². The van der Waals surface area contributed by atoms with Crippen LogP contribution in [0.3, 0.4) is 0 Å². The highest BCUT2D eigenvalue weighted by molar-refractivity contribution is 6.30. The van der Waals surface area contributed by atoms with E-state index in [-0.39, 0.29) is 5.91 Å². The van der Waals surface area contributed by atoms with E-state index < -0.39 is 0 Å². The third-order valence-corrected chi connectivity index (χ3v) is 5.42. The molecule has 0 atom stereocenters. The summed E-state index contributed by atoms with van der Waals surface area (Å²) in [6, 6.07) is 17.0. The topological polar surface area (TPSA) is 78.8 Å². The van der Waals surface area contributed by atoms with Crippen molar-refractivity contribution in [2.75, 3.05) is 37.9 Å². The Bertz CT molecular complexity index is 1130. The zero-order chi connectivity index (χ0) is 22.5. The van der Waals surface area contributed by atoms with Crippen LogP contribution in [0.2, 0.25) is 5.02 Å². The van der Waals surface area contributed by atoms with Crippen molar-refractivity contribution in [2.24, 2.45) is 4.99 Å². The van der Waals surface area contributed by atoms with Crippen LogP contribution in [0.5, 0.6) is 5.75 Å². The van der Waals surface area contributed by atoms with Crippen molar-refractivity contribution in [1.82, 2.24) is 9.88 Å². The number of ether oxygens (including phenoxy) is 1. The summed E-state index contributed by atoms with van der Waals surface area (Å²) in [6.45, 7) is 2.35. The molecule has 0 spiro atoms. The number of amidine groups is 1. The van der Waals surface area contributed by atoms with Crippen LogP contribution in [0.1, 0.15) is 21.5 Å². The van der Waals surface area contributed by atoms with Crippen LogP contribution >= 0.6 is 11.6 Å². The largest absolute Gasteiger partial charge is 0.497 e. The van der Waals surface area contributed by atoms with Crippen LogP contribution in [0.15, 0.2) is 65.8 Å². The highest BCUT2D eigenvalue weighted by atomic mass is 35.5. The number of rotatable bonds is 7. The van der Waals surface area contributed by atoms with E-state index in [4.69, 9.17) is 16.3 Å². The predicted molar refractivity (Wildman–Crippen MR) is 128 cm³/mol. The van der Waals surface area contributed by atoms with E-state index in [0.717, 1.165) is 30.1 Å². The minimum atomic E-state index is -0.293. The van der Waals surface area contributed by atoms with E-state index in [1.165, 1.54) is 6.20 Å². The average molecular weight is 450 g/mol. The number of hydrogen-bond acceptors (Lipinski definition) is 6. The van der Waals surface area contributed by atoms with Gasteiger partial charge >= 0.3 is 0 Å². The first-order chi connectivity index (χ1) is 15.5. The summed E-state index contributed by atoms with van der Waals surface area (Å²) in [4.78, 5) is 23.8. The zero-order valence-electron chi connectivity index (χ0n) is 17.9. The summed E-state index contributed by atoms with van der Waals surface area (Å²) in [5.74, 6) is 1.74. The molecule has 3 aromatic rings. The van der Waals surface area contributed by atoms with Gasteiger partial charge in [-0.05, 0) is 35.9 Å². The molecule has 2 heterocycles. The van der Waals surface area contributed by atoms with Crippen molar-refractivity contribution >= 4 is 34.8 Å². The fourth-order valence-corrected chi connectivity index (χ4v) is 3.55. The third kappa shape index (κ3) is 5.00. The van der Waals surface area contributed by atoms with Crippen LogP contribution in [-0.2, 0) is 6.54 Å². The Morgan fingerprint density at radius 1 is 1.16 bits per heavy atom. The first kappa shape index (κ1) is 21.6. The summed E-state index contributed by atoms with van der Waals surface area (Å²) in [5.41, 5.74) is 3.35. The second-order valence-electron chi connectivity index (χ2n) is 7.40. The van der Waals surface area contributed by atoms with E-state index in [2.05, 4.69) is 56.8 Å². The van der Waals surface area contributed by atoms with Gasteiger partial charge in [0.15, 0.2) is 0 Å². The minimum Gasteiger partial charge on any atom is -0.497 e. The van der Waals surface area contributed by atoms with Crippen LogP contribution in [0.25, 0.3) is 0 Å². The lowest BCUT2D eigenvalue weighted by Gasteiger charge is -2.15. The van der Waals surface area contributed by atoms with Gasteiger partial charge in [-0.1, -0.05) is 35.9 Å². The van der Waals surface area contributed by atoms with Gasteiger partial charge in [-0.2, -0.15) is 0 Å². The van der Waals surface area contributed by atoms with Gasteiger partial charge in [-0.15, -0.1) is 0 Å². The highest BCUT2D eigenvalue weighted by Gasteiger charge is 2.16. The first-order valence-corrected chi connectivity index (χ1v) is 10.6. The lowest BCUT2D eigenvalue weighted by atomic mass is 10.1. The summed E-state index contributed by atoms with van der Waals surface area (Å²) in [7, 11) is 3.62. The Morgan fingerprint density at radius 3 is 2.62 bits per heavy atom. The van der Waals surface area contributed by atoms with Crippen LogP contribution < -0.4 is 15.4 Å². The molecule has 7 nitrogen and oxygen atoms in total. The molecular formula is C24H24ClN5O2. The molecule has 1 aromatic heterocycles. The summed E-state index contributed by atoms with van der Waals surface area (Å²) >= 11 is 5.87. The quantitative estimate of drug-likeness (QED) is 0.562. The average Bonchev–Trinajstić information content (AvgIpc) is 3.25. The number of carbonyl (C=O) groups is 1. The second-order valence-corrected chi connectivity index (χ2v) is 7.84. The molecule has 0 aliphatic carbocycles.